The fraction of sp³-hybridized carbons (Fsp3) is 0.500. The van der Waals surface area contributed by atoms with E-state index in [2.05, 4.69) is 18.4 Å². The largest absolute Gasteiger partial charge is 0.416 e. The van der Waals surface area contributed by atoms with Crippen LogP contribution in [0.4, 0.5) is 13.2 Å². The molecule has 1 fully saturated rings. The second kappa shape index (κ2) is 8.79. The lowest BCUT2D eigenvalue weighted by Crippen LogP contribution is -2.47. The third-order valence-corrected chi connectivity index (χ3v) is 9.26. The molecule has 1 atom stereocenters. The number of carbonyl (C=O) groups is 1. The number of rotatable bonds is 4. The zero-order valence-electron chi connectivity index (χ0n) is 17.6. The number of halogens is 3. The van der Waals surface area contributed by atoms with E-state index in [1.807, 2.05) is 4.90 Å². The number of piperidine rings is 1. The Bertz CT molecular complexity index is 1090. The molecule has 0 aliphatic carbocycles. The summed E-state index contributed by atoms with van der Waals surface area (Å²) in [5, 5.41) is 2.05. The molecular weight excluding hydrogens is 461 g/mol. The predicted octanol–water partition coefficient (Wildman–Crippen LogP) is 4.70. The number of hydrogen-bond acceptors (Lipinski definition) is 4. The van der Waals surface area contributed by atoms with Crippen molar-refractivity contribution in [3.05, 3.63) is 51.7 Å². The van der Waals surface area contributed by atoms with E-state index in [0.29, 0.717) is 25.5 Å². The van der Waals surface area contributed by atoms with Gasteiger partial charge in [-0.25, -0.2) is 8.42 Å². The van der Waals surface area contributed by atoms with E-state index >= 15 is 0 Å². The van der Waals surface area contributed by atoms with Gasteiger partial charge < -0.3 is 4.90 Å². The van der Waals surface area contributed by atoms with Crippen molar-refractivity contribution in [2.75, 3.05) is 19.6 Å². The Labute approximate surface area is 189 Å². The van der Waals surface area contributed by atoms with Gasteiger partial charge in [-0.2, -0.15) is 17.5 Å². The second-order valence-electron chi connectivity index (χ2n) is 8.21. The van der Waals surface area contributed by atoms with Gasteiger partial charge in [0.05, 0.1) is 16.5 Å². The first-order valence-corrected chi connectivity index (χ1v) is 13.0. The summed E-state index contributed by atoms with van der Waals surface area (Å²) >= 11 is 1.72. The van der Waals surface area contributed by atoms with E-state index in [1.54, 1.807) is 11.3 Å². The van der Waals surface area contributed by atoms with Crippen LogP contribution < -0.4 is 0 Å². The molecular formula is C22H25F3N2O3S2. The molecule has 1 unspecified atom stereocenters. The molecule has 1 saturated heterocycles. The number of alkyl halides is 3. The zero-order chi connectivity index (χ0) is 23.1. The van der Waals surface area contributed by atoms with Gasteiger partial charge >= 0.3 is 6.18 Å². The van der Waals surface area contributed by atoms with Crippen LogP contribution >= 0.6 is 11.3 Å². The Morgan fingerprint density at radius 3 is 2.53 bits per heavy atom. The van der Waals surface area contributed by atoms with E-state index < -0.39 is 21.8 Å². The summed E-state index contributed by atoms with van der Waals surface area (Å²) in [4.78, 5) is 16.2. The predicted molar refractivity (Wildman–Crippen MR) is 116 cm³/mol. The molecule has 1 amide bonds. The highest BCUT2D eigenvalue weighted by Crippen LogP contribution is 2.37. The fourth-order valence-corrected chi connectivity index (χ4v) is 7.10. The monoisotopic (exact) mass is 486 g/mol. The number of carbonyl (C=O) groups excluding carboxylic acids is 1. The lowest BCUT2D eigenvalue weighted by Gasteiger charge is -2.39. The van der Waals surface area contributed by atoms with Crippen molar-refractivity contribution < 1.29 is 26.4 Å². The number of nitrogens with zero attached hydrogens (tertiary/aromatic N) is 2. The number of benzene rings is 1. The lowest BCUT2D eigenvalue weighted by atomic mass is 9.92. The maximum atomic E-state index is 13.3. The van der Waals surface area contributed by atoms with Crippen LogP contribution in [0.25, 0.3) is 0 Å². The maximum Gasteiger partial charge on any atom is 0.416 e. The smallest absolute Gasteiger partial charge is 0.335 e. The Morgan fingerprint density at radius 2 is 1.88 bits per heavy atom. The van der Waals surface area contributed by atoms with Crippen LogP contribution in [0, 0.1) is 5.92 Å². The van der Waals surface area contributed by atoms with E-state index in [-0.39, 0.29) is 35.9 Å². The third-order valence-electron chi connectivity index (χ3n) is 6.37. The summed E-state index contributed by atoms with van der Waals surface area (Å²) in [6.45, 7) is 2.95. The van der Waals surface area contributed by atoms with Gasteiger partial charge in [-0.3, -0.25) is 4.79 Å². The molecule has 0 bridgehead atoms. The molecule has 0 saturated carbocycles. The minimum atomic E-state index is -4.61. The van der Waals surface area contributed by atoms with Crippen LogP contribution in [-0.4, -0.2) is 43.2 Å². The van der Waals surface area contributed by atoms with Gasteiger partial charge in [0.1, 0.15) is 0 Å². The molecule has 2 aliphatic rings. The summed E-state index contributed by atoms with van der Waals surface area (Å²) in [7, 11) is -4.06. The van der Waals surface area contributed by atoms with E-state index in [0.717, 1.165) is 25.0 Å². The van der Waals surface area contributed by atoms with Crippen LogP contribution in [-0.2, 0) is 27.4 Å². The number of sulfonamides is 1. The average molecular weight is 487 g/mol. The minimum absolute atomic E-state index is 0.0457. The summed E-state index contributed by atoms with van der Waals surface area (Å²) in [6.07, 6.45) is -2.24. The second-order valence-corrected chi connectivity index (χ2v) is 11.1. The number of amides is 1. The lowest BCUT2D eigenvalue weighted by molar-refractivity contribution is -0.140. The molecule has 2 aromatic rings. The molecule has 0 spiro atoms. The molecule has 5 nitrogen and oxygen atoms in total. The fourth-order valence-electron chi connectivity index (χ4n) is 4.66. The Kier molecular flexibility index (Phi) is 6.39. The zero-order valence-corrected chi connectivity index (χ0v) is 19.3. The first-order chi connectivity index (χ1) is 15.1. The number of fused-ring (bicyclic) bond motifs is 1. The van der Waals surface area contributed by atoms with Gasteiger partial charge in [0, 0.05) is 30.4 Å². The van der Waals surface area contributed by atoms with E-state index in [1.165, 1.54) is 20.8 Å². The van der Waals surface area contributed by atoms with Gasteiger partial charge in [-0.05, 0) is 60.9 Å². The normalized spacial score (nSPS) is 20.9. The summed E-state index contributed by atoms with van der Waals surface area (Å²) in [6, 6.07) is 5.93. The van der Waals surface area contributed by atoms with Gasteiger partial charge in [-0.15, -0.1) is 11.3 Å². The first-order valence-electron chi connectivity index (χ1n) is 10.7. The van der Waals surface area contributed by atoms with Crippen LogP contribution in [0.2, 0.25) is 0 Å². The van der Waals surface area contributed by atoms with Crippen molar-refractivity contribution in [1.29, 1.82) is 0 Å². The van der Waals surface area contributed by atoms with Crippen molar-refractivity contribution in [3.8, 4) is 0 Å². The molecule has 10 heteroatoms. The highest BCUT2D eigenvalue weighted by molar-refractivity contribution is 7.89. The molecule has 1 aromatic heterocycles. The third kappa shape index (κ3) is 4.32. The quantitative estimate of drug-likeness (QED) is 0.629. The minimum Gasteiger partial charge on any atom is -0.335 e. The topological polar surface area (TPSA) is 57.7 Å². The molecule has 1 aromatic carbocycles. The van der Waals surface area contributed by atoms with Crippen molar-refractivity contribution in [2.24, 2.45) is 5.92 Å². The molecule has 3 heterocycles. The van der Waals surface area contributed by atoms with Gasteiger partial charge in [0.15, 0.2) is 0 Å². The van der Waals surface area contributed by atoms with Gasteiger partial charge in [0.25, 0.3) is 0 Å². The Balaban J connectivity index is 1.45. The van der Waals surface area contributed by atoms with Gasteiger partial charge in [0.2, 0.25) is 15.9 Å². The molecule has 2 aliphatic heterocycles. The first kappa shape index (κ1) is 23.3. The standard InChI is InChI=1S/C22H25F3N2O3S2/c1-2-19-18-9-13-31-20(18)8-12-27(19)21(28)15-6-10-26(11-7-15)32(29,30)17-5-3-4-16(14-17)22(23,24)25/h3-5,9,13-15,19H,2,6-8,10-12H2,1H3. The van der Waals surface area contributed by atoms with Crippen molar-refractivity contribution >= 4 is 27.3 Å². The summed E-state index contributed by atoms with van der Waals surface area (Å²) < 4.78 is 66.0. The molecule has 174 valence electrons. The van der Waals surface area contributed by atoms with Crippen molar-refractivity contribution in [1.82, 2.24) is 9.21 Å². The number of hydrogen-bond donors (Lipinski definition) is 0. The Hall–Kier alpha value is -1.91. The van der Waals surface area contributed by atoms with Crippen LogP contribution in [0.5, 0.6) is 0 Å². The van der Waals surface area contributed by atoms with Crippen LogP contribution in [0.3, 0.4) is 0 Å². The van der Waals surface area contributed by atoms with Crippen LogP contribution in [0.1, 0.15) is 48.2 Å². The molecule has 32 heavy (non-hydrogen) atoms. The summed E-state index contributed by atoms with van der Waals surface area (Å²) in [5.74, 6) is -0.234. The maximum absolute atomic E-state index is 13.3. The highest BCUT2D eigenvalue weighted by Gasteiger charge is 2.38. The molecule has 0 N–H and O–H groups in total. The van der Waals surface area contributed by atoms with E-state index in [9.17, 15) is 26.4 Å². The number of thiophene rings is 1. The molecule has 4 rings (SSSR count). The average Bonchev–Trinajstić information content (AvgIpc) is 3.26. The molecule has 0 radical (unpaired) electrons. The summed E-state index contributed by atoms with van der Waals surface area (Å²) in [5.41, 5.74) is 0.216. The SMILES string of the molecule is CCC1c2ccsc2CCN1C(=O)C1CCN(S(=O)(=O)c2cccc(C(F)(F)F)c2)CC1. The van der Waals surface area contributed by atoms with Crippen molar-refractivity contribution in [2.45, 2.75) is 49.7 Å². The van der Waals surface area contributed by atoms with Gasteiger partial charge in [-0.1, -0.05) is 13.0 Å². The van der Waals surface area contributed by atoms with Crippen molar-refractivity contribution in [3.63, 3.8) is 0 Å². The van der Waals surface area contributed by atoms with E-state index in [4.69, 9.17) is 0 Å². The highest BCUT2D eigenvalue weighted by atomic mass is 32.2. The Morgan fingerprint density at radius 1 is 1.16 bits per heavy atom. The van der Waals surface area contributed by atoms with Crippen LogP contribution in [0.15, 0.2) is 40.6 Å².